The molecule has 0 spiro atoms. The van der Waals surface area contributed by atoms with Gasteiger partial charge in [0, 0.05) is 38.1 Å². The van der Waals surface area contributed by atoms with E-state index in [1.165, 1.54) is 25.7 Å². The van der Waals surface area contributed by atoms with Gasteiger partial charge in [-0.3, -0.25) is 9.59 Å². The van der Waals surface area contributed by atoms with E-state index in [1.54, 1.807) is 0 Å². The maximum atomic E-state index is 13.0. The summed E-state index contributed by atoms with van der Waals surface area (Å²) in [5.74, 6) is 1.07. The predicted octanol–water partition coefficient (Wildman–Crippen LogP) is 1.33. The van der Waals surface area contributed by atoms with Crippen LogP contribution in [0.4, 0.5) is 0 Å². The van der Waals surface area contributed by atoms with Crippen molar-refractivity contribution in [3.8, 4) is 0 Å². The normalized spacial score (nSPS) is 35.5. The molecule has 1 saturated carbocycles. The maximum absolute atomic E-state index is 13.0. The molecule has 0 aromatic rings. The Labute approximate surface area is 139 Å². The van der Waals surface area contributed by atoms with Crippen molar-refractivity contribution >= 4 is 11.8 Å². The average molecular weight is 319 g/mol. The molecule has 4 fully saturated rings. The summed E-state index contributed by atoms with van der Waals surface area (Å²) in [6.07, 6.45) is 7.66. The van der Waals surface area contributed by atoms with E-state index in [0.29, 0.717) is 31.0 Å². The van der Waals surface area contributed by atoms with Gasteiger partial charge in [0.1, 0.15) is 0 Å². The summed E-state index contributed by atoms with van der Waals surface area (Å²) in [7, 11) is 2.19. The number of hydrogen-bond donors (Lipinski definition) is 0. The Bertz CT molecular complexity index is 491. The predicted molar refractivity (Wildman–Crippen MR) is 87.8 cm³/mol. The van der Waals surface area contributed by atoms with E-state index in [4.69, 9.17) is 0 Å². The van der Waals surface area contributed by atoms with Gasteiger partial charge in [-0.25, -0.2) is 0 Å². The van der Waals surface area contributed by atoms with E-state index in [0.717, 1.165) is 32.5 Å². The minimum absolute atomic E-state index is 0.0893. The monoisotopic (exact) mass is 319 g/mol. The molecule has 0 aromatic heterocycles. The van der Waals surface area contributed by atoms with Crippen LogP contribution in [0.25, 0.3) is 0 Å². The van der Waals surface area contributed by atoms with Crippen LogP contribution in [0.2, 0.25) is 0 Å². The second-order valence-electron chi connectivity index (χ2n) is 8.07. The number of amides is 2. The van der Waals surface area contributed by atoms with Crippen molar-refractivity contribution < 1.29 is 9.59 Å². The lowest BCUT2D eigenvalue weighted by atomic mass is 10.0. The third-order valence-corrected chi connectivity index (χ3v) is 6.34. The van der Waals surface area contributed by atoms with Gasteiger partial charge in [-0.05, 0) is 58.0 Å². The maximum Gasteiger partial charge on any atom is 0.228 e. The Morgan fingerprint density at radius 3 is 2.52 bits per heavy atom. The molecule has 0 unspecified atom stereocenters. The summed E-state index contributed by atoms with van der Waals surface area (Å²) in [5.41, 5.74) is 0. The molecule has 1 aliphatic carbocycles. The zero-order chi connectivity index (χ0) is 16.0. The Balaban J connectivity index is 1.40. The average Bonchev–Trinajstić information content (AvgIpc) is 2.91. The van der Waals surface area contributed by atoms with E-state index in [1.807, 2.05) is 4.90 Å². The number of rotatable bonds is 4. The third-order valence-electron chi connectivity index (χ3n) is 6.34. The molecule has 2 amide bonds. The first kappa shape index (κ1) is 15.4. The zero-order valence-electron chi connectivity index (χ0n) is 14.2. The van der Waals surface area contributed by atoms with Crippen molar-refractivity contribution in [1.29, 1.82) is 0 Å². The minimum Gasteiger partial charge on any atom is -0.342 e. The zero-order valence-corrected chi connectivity index (χ0v) is 14.2. The number of carbonyl (C=O) groups excluding carboxylic acids is 2. The summed E-state index contributed by atoms with van der Waals surface area (Å²) in [6, 6.07) is 0.906. The standard InChI is InChI=1S/C18H29N3O2/c1-19-8-2-4-15(19)16-5-3-9-21(16)18(23)14-10-17(22)20(12-14)11-13-6-7-13/h13-16H,2-12H2,1H3/t14-,15-,16+/m1/s1. The van der Waals surface area contributed by atoms with Crippen molar-refractivity contribution in [1.82, 2.24) is 14.7 Å². The SMILES string of the molecule is CN1CCC[C@@H]1[C@@H]1CCCN1C(=O)[C@@H]1CC(=O)N(CC2CC2)C1. The Kier molecular flexibility index (Phi) is 4.08. The summed E-state index contributed by atoms with van der Waals surface area (Å²) in [4.78, 5) is 31.8. The van der Waals surface area contributed by atoms with Gasteiger partial charge < -0.3 is 14.7 Å². The number of likely N-dealkylation sites (tertiary alicyclic amines) is 3. The topological polar surface area (TPSA) is 43.9 Å². The molecule has 4 rings (SSSR count). The van der Waals surface area contributed by atoms with Gasteiger partial charge in [-0.1, -0.05) is 0 Å². The van der Waals surface area contributed by atoms with E-state index < -0.39 is 0 Å². The van der Waals surface area contributed by atoms with Crippen molar-refractivity contribution in [3.63, 3.8) is 0 Å². The number of nitrogens with zero attached hydrogens (tertiary/aromatic N) is 3. The van der Waals surface area contributed by atoms with Gasteiger partial charge in [0.2, 0.25) is 11.8 Å². The lowest BCUT2D eigenvalue weighted by Gasteiger charge is -2.34. The first-order valence-corrected chi connectivity index (χ1v) is 9.42. The van der Waals surface area contributed by atoms with Crippen molar-refractivity contribution in [2.45, 2.75) is 57.0 Å². The lowest BCUT2D eigenvalue weighted by Crippen LogP contribution is -2.49. The number of carbonyl (C=O) groups is 2. The quantitative estimate of drug-likeness (QED) is 0.785. The second-order valence-corrected chi connectivity index (χ2v) is 8.07. The molecule has 0 radical (unpaired) electrons. The van der Waals surface area contributed by atoms with Crippen LogP contribution in [0, 0.1) is 11.8 Å². The van der Waals surface area contributed by atoms with Crippen LogP contribution < -0.4 is 0 Å². The number of hydrogen-bond acceptors (Lipinski definition) is 3. The van der Waals surface area contributed by atoms with Crippen LogP contribution in [0.5, 0.6) is 0 Å². The van der Waals surface area contributed by atoms with Crippen molar-refractivity contribution in [3.05, 3.63) is 0 Å². The summed E-state index contributed by atoms with van der Waals surface area (Å²) >= 11 is 0. The highest BCUT2D eigenvalue weighted by atomic mass is 16.2. The van der Waals surface area contributed by atoms with E-state index >= 15 is 0 Å². The first-order valence-electron chi connectivity index (χ1n) is 9.42. The Morgan fingerprint density at radius 1 is 1.09 bits per heavy atom. The Hall–Kier alpha value is -1.10. The molecule has 3 heterocycles. The minimum atomic E-state index is -0.0893. The highest BCUT2D eigenvalue weighted by molar-refractivity contribution is 5.89. The van der Waals surface area contributed by atoms with Gasteiger partial charge in [0.05, 0.1) is 5.92 Å². The fourth-order valence-corrected chi connectivity index (χ4v) is 4.85. The molecule has 23 heavy (non-hydrogen) atoms. The van der Waals surface area contributed by atoms with E-state index in [-0.39, 0.29) is 17.7 Å². The van der Waals surface area contributed by atoms with Gasteiger partial charge in [0.25, 0.3) is 0 Å². The molecule has 4 aliphatic rings. The van der Waals surface area contributed by atoms with Crippen LogP contribution in [0.3, 0.4) is 0 Å². The van der Waals surface area contributed by atoms with Gasteiger partial charge in [-0.2, -0.15) is 0 Å². The Morgan fingerprint density at radius 2 is 1.83 bits per heavy atom. The summed E-state index contributed by atoms with van der Waals surface area (Å²) < 4.78 is 0. The molecule has 3 aliphatic heterocycles. The van der Waals surface area contributed by atoms with Crippen LogP contribution in [-0.4, -0.2) is 71.8 Å². The smallest absolute Gasteiger partial charge is 0.228 e. The van der Waals surface area contributed by atoms with Gasteiger partial charge in [-0.15, -0.1) is 0 Å². The molecular weight excluding hydrogens is 290 g/mol. The molecule has 0 N–H and O–H groups in total. The summed E-state index contributed by atoms with van der Waals surface area (Å²) in [5, 5.41) is 0. The fraction of sp³-hybridized carbons (Fsp3) is 0.889. The highest BCUT2D eigenvalue weighted by Gasteiger charge is 2.43. The molecule has 0 bridgehead atoms. The number of likely N-dealkylation sites (N-methyl/N-ethyl adjacent to an activating group) is 1. The molecule has 3 saturated heterocycles. The van der Waals surface area contributed by atoms with Crippen LogP contribution >= 0.6 is 0 Å². The largest absolute Gasteiger partial charge is 0.342 e. The molecule has 3 atom stereocenters. The van der Waals surface area contributed by atoms with E-state index in [9.17, 15) is 9.59 Å². The van der Waals surface area contributed by atoms with E-state index in [2.05, 4.69) is 16.8 Å². The third kappa shape index (κ3) is 3.00. The molecule has 128 valence electrons. The molecule has 0 aromatic carbocycles. The van der Waals surface area contributed by atoms with Gasteiger partial charge >= 0.3 is 0 Å². The van der Waals surface area contributed by atoms with Crippen LogP contribution in [-0.2, 0) is 9.59 Å². The van der Waals surface area contributed by atoms with Crippen molar-refractivity contribution in [2.24, 2.45) is 11.8 Å². The fourth-order valence-electron chi connectivity index (χ4n) is 4.85. The molecule has 5 heteroatoms. The van der Waals surface area contributed by atoms with Crippen LogP contribution in [0.1, 0.15) is 44.9 Å². The van der Waals surface area contributed by atoms with Crippen LogP contribution in [0.15, 0.2) is 0 Å². The molecule has 5 nitrogen and oxygen atoms in total. The second kappa shape index (κ2) is 6.08. The first-order chi connectivity index (χ1) is 11.1. The molecular formula is C18H29N3O2. The van der Waals surface area contributed by atoms with Gasteiger partial charge in [0.15, 0.2) is 0 Å². The highest BCUT2D eigenvalue weighted by Crippen LogP contribution is 2.34. The lowest BCUT2D eigenvalue weighted by molar-refractivity contribution is -0.137. The summed E-state index contributed by atoms with van der Waals surface area (Å²) in [6.45, 7) is 3.59. The van der Waals surface area contributed by atoms with Crippen molar-refractivity contribution in [2.75, 3.05) is 33.2 Å².